The molecule has 0 aliphatic carbocycles. The van der Waals surface area contributed by atoms with Gasteiger partial charge in [0.1, 0.15) is 5.75 Å². The molecular formula is C18H22N2O5S. The van der Waals surface area contributed by atoms with Crippen LogP contribution in [-0.2, 0) is 19.6 Å². The number of hydrogen-bond acceptors (Lipinski definition) is 4. The number of nitrogens with zero attached hydrogens (tertiary/aromatic N) is 1. The van der Waals surface area contributed by atoms with Crippen LogP contribution in [0, 0.1) is 0 Å². The van der Waals surface area contributed by atoms with E-state index in [9.17, 15) is 23.1 Å². The lowest BCUT2D eigenvalue weighted by Gasteiger charge is -2.20. The Hall–Kier alpha value is -2.45. The molecule has 1 atom stereocenters. The second-order valence-corrected chi connectivity index (χ2v) is 7.75. The molecular weight excluding hydrogens is 356 g/mol. The van der Waals surface area contributed by atoms with E-state index in [1.54, 1.807) is 32.0 Å². The third kappa shape index (κ3) is 4.59. The second kappa shape index (κ2) is 8.29. The fourth-order valence-electron chi connectivity index (χ4n) is 2.75. The molecule has 0 heterocycles. The Bertz CT molecular complexity index is 907. The van der Waals surface area contributed by atoms with Crippen LogP contribution in [0.3, 0.4) is 0 Å². The van der Waals surface area contributed by atoms with E-state index >= 15 is 0 Å². The number of rotatable bonds is 8. The van der Waals surface area contributed by atoms with Crippen molar-refractivity contribution in [2.24, 2.45) is 0 Å². The van der Waals surface area contributed by atoms with Gasteiger partial charge in [-0.1, -0.05) is 50.2 Å². The number of carbonyl (C=O) groups is 2. The van der Waals surface area contributed by atoms with Crippen molar-refractivity contribution in [3.63, 3.8) is 0 Å². The zero-order valence-electron chi connectivity index (χ0n) is 14.7. The minimum absolute atomic E-state index is 0.249. The molecule has 0 aromatic heterocycles. The summed E-state index contributed by atoms with van der Waals surface area (Å²) in [7, 11) is -3.78. The van der Waals surface area contributed by atoms with Crippen LogP contribution in [0.5, 0.6) is 0 Å². The van der Waals surface area contributed by atoms with Crippen LogP contribution >= 0.6 is 0 Å². The maximum Gasteiger partial charge on any atom is 0.330 e. The van der Waals surface area contributed by atoms with E-state index in [1.165, 1.54) is 4.31 Å². The average Bonchev–Trinajstić information content (AvgIpc) is 2.59. The molecule has 0 aliphatic rings. The van der Waals surface area contributed by atoms with Gasteiger partial charge in [0.2, 0.25) is 15.9 Å². The molecule has 0 saturated carbocycles. The van der Waals surface area contributed by atoms with Gasteiger partial charge in [0.25, 0.3) is 0 Å². The van der Waals surface area contributed by atoms with Gasteiger partial charge >= 0.3 is 5.97 Å². The number of amides is 1. The summed E-state index contributed by atoms with van der Waals surface area (Å²) in [6.07, 6.45) is 0. The van der Waals surface area contributed by atoms with Crippen molar-refractivity contribution < 1.29 is 23.1 Å². The summed E-state index contributed by atoms with van der Waals surface area (Å²) in [4.78, 5) is 23.8. The minimum atomic E-state index is -3.78. The molecule has 2 rings (SSSR count). The molecule has 0 aliphatic heterocycles. The van der Waals surface area contributed by atoms with E-state index in [1.807, 2.05) is 24.3 Å². The SMILES string of the molecule is CCN(CC)S(=O)(=O)CC(=O)NC(C(=O)O)c1ccc2ccccc2c1. The Balaban J connectivity index is 2.22. The van der Waals surface area contributed by atoms with Crippen molar-refractivity contribution in [2.45, 2.75) is 19.9 Å². The first-order valence-electron chi connectivity index (χ1n) is 8.27. The van der Waals surface area contributed by atoms with Crippen LogP contribution in [0.2, 0.25) is 0 Å². The lowest BCUT2D eigenvalue weighted by Crippen LogP contribution is -2.42. The van der Waals surface area contributed by atoms with E-state index in [-0.39, 0.29) is 13.1 Å². The normalized spacial score (nSPS) is 12.9. The molecule has 0 spiro atoms. The van der Waals surface area contributed by atoms with Crippen molar-refractivity contribution >= 4 is 32.7 Å². The summed E-state index contributed by atoms with van der Waals surface area (Å²) in [5, 5.41) is 13.6. The van der Waals surface area contributed by atoms with Crippen LogP contribution in [0.15, 0.2) is 42.5 Å². The third-order valence-electron chi connectivity index (χ3n) is 4.07. The van der Waals surface area contributed by atoms with Crippen molar-refractivity contribution in [2.75, 3.05) is 18.8 Å². The number of sulfonamides is 1. The second-order valence-electron chi connectivity index (χ2n) is 5.79. The Morgan fingerprint density at radius 1 is 1.08 bits per heavy atom. The topological polar surface area (TPSA) is 104 Å². The predicted molar refractivity (Wildman–Crippen MR) is 99.2 cm³/mol. The number of carbonyl (C=O) groups excluding carboxylic acids is 1. The molecule has 8 heteroatoms. The summed E-state index contributed by atoms with van der Waals surface area (Å²) < 4.78 is 25.5. The lowest BCUT2D eigenvalue weighted by atomic mass is 10.0. The van der Waals surface area contributed by atoms with Crippen LogP contribution in [0.25, 0.3) is 10.8 Å². The van der Waals surface area contributed by atoms with Gasteiger partial charge in [0, 0.05) is 13.1 Å². The molecule has 140 valence electrons. The fourth-order valence-corrected chi connectivity index (χ4v) is 4.14. The molecule has 2 aromatic rings. The predicted octanol–water partition coefficient (Wildman–Crippen LogP) is 1.75. The Kier molecular flexibility index (Phi) is 6.33. The molecule has 0 radical (unpaired) electrons. The smallest absolute Gasteiger partial charge is 0.330 e. The summed E-state index contributed by atoms with van der Waals surface area (Å²) in [5.41, 5.74) is 0.379. The van der Waals surface area contributed by atoms with E-state index in [4.69, 9.17) is 0 Å². The van der Waals surface area contributed by atoms with Gasteiger partial charge in [-0.2, -0.15) is 0 Å². The molecule has 7 nitrogen and oxygen atoms in total. The first kappa shape index (κ1) is 19.9. The quantitative estimate of drug-likeness (QED) is 0.728. The Morgan fingerprint density at radius 2 is 1.69 bits per heavy atom. The molecule has 2 aromatic carbocycles. The van der Waals surface area contributed by atoms with E-state index in [0.717, 1.165) is 10.8 Å². The Morgan fingerprint density at radius 3 is 2.27 bits per heavy atom. The highest BCUT2D eigenvalue weighted by atomic mass is 32.2. The van der Waals surface area contributed by atoms with Gasteiger partial charge in [0.05, 0.1) is 0 Å². The van der Waals surface area contributed by atoms with Gasteiger partial charge < -0.3 is 10.4 Å². The van der Waals surface area contributed by atoms with Gasteiger partial charge in [-0.15, -0.1) is 0 Å². The molecule has 0 saturated heterocycles. The van der Waals surface area contributed by atoms with Crippen molar-refractivity contribution in [1.82, 2.24) is 9.62 Å². The molecule has 1 amide bonds. The van der Waals surface area contributed by atoms with E-state index < -0.39 is 33.7 Å². The van der Waals surface area contributed by atoms with Gasteiger partial charge in [-0.05, 0) is 22.4 Å². The average molecular weight is 378 g/mol. The fraction of sp³-hybridized carbons (Fsp3) is 0.333. The first-order valence-corrected chi connectivity index (χ1v) is 9.88. The number of carboxylic acids is 1. The van der Waals surface area contributed by atoms with Crippen molar-refractivity contribution in [3.8, 4) is 0 Å². The van der Waals surface area contributed by atoms with Crippen molar-refractivity contribution in [3.05, 3.63) is 48.0 Å². The number of hydrogen-bond donors (Lipinski definition) is 2. The summed E-state index contributed by atoms with van der Waals surface area (Å²) in [5.74, 6) is -2.89. The maximum atomic E-state index is 12.2. The number of benzene rings is 2. The standard InChI is InChI=1S/C18H22N2O5S/c1-3-20(4-2)26(24,25)12-16(21)19-17(18(22)23)15-10-9-13-7-5-6-8-14(13)11-15/h5-11,17H,3-4,12H2,1-2H3,(H,19,21)(H,22,23). The number of aliphatic carboxylic acids is 1. The number of nitrogens with one attached hydrogen (secondary N) is 1. The zero-order valence-corrected chi connectivity index (χ0v) is 15.5. The lowest BCUT2D eigenvalue weighted by molar-refractivity contribution is -0.141. The number of carboxylic acid groups (broad SMARTS) is 1. The highest BCUT2D eigenvalue weighted by Gasteiger charge is 2.27. The highest BCUT2D eigenvalue weighted by molar-refractivity contribution is 7.89. The van der Waals surface area contributed by atoms with Gasteiger partial charge in [0.15, 0.2) is 6.04 Å². The summed E-state index contributed by atoms with van der Waals surface area (Å²) in [6.45, 7) is 3.85. The molecule has 26 heavy (non-hydrogen) atoms. The monoisotopic (exact) mass is 378 g/mol. The van der Waals surface area contributed by atoms with E-state index in [0.29, 0.717) is 5.56 Å². The minimum Gasteiger partial charge on any atom is -0.479 e. The molecule has 1 unspecified atom stereocenters. The van der Waals surface area contributed by atoms with Gasteiger partial charge in [-0.3, -0.25) is 4.79 Å². The van der Waals surface area contributed by atoms with Crippen LogP contribution in [0.1, 0.15) is 25.5 Å². The van der Waals surface area contributed by atoms with Crippen LogP contribution in [-0.4, -0.2) is 48.5 Å². The zero-order chi connectivity index (χ0) is 19.3. The highest BCUT2D eigenvalue weighted by Crippen LogP contribution is 2.21. The van der Waals surface area contributed by atoms with Crippen LogP contribution in [0.4, 0.5) is 0 Å². The van der Waals surface area contributed by atoms with E-state index in [2.05, 4.69) is 5.32 Å². The third-order valence-corrected chi connectivity index (χ3v) is 6.00. The Labute approximate surface area is 152 Å². The molecule has 2 N–H and O–H groups in total. The maximum absolute atomic E-state index is 12.2. The molecule has 0 fully saturated rings. The van der Waals surface area contributed by atoms with Crippen LogP contribution < -0.4 is 5.32 Å². The first-order chi connectivity index (χ1) is 12.3. The van der Waals surface area contributed by atoms with Gasteiger partial charge in [-0.25, -0.2) is 17.5 Å². The summed E-state index contributed by atoms with van der Waals surface area (Å²) >= 11 is 0. The molecule has 0 bridgehead atoms. The number of fused-ring (bicyclic) bond motifs is 1. The summed E-state index contributed by atoms with van der Waals surface area (Å²) in [6, 6.07) is 11.2. The van der Waals surface area contributed by atoms with Crippen molar-refractivity contribution in [1.29, 1.82) is 0 Å². The largest absolute Gasteiger partial charge is 0.479 e.